The first-order valence-corrected chi connectivity index (χ1v) is 6.12. The fourth-order valence-electron chi connectivity index (χ4n) is 2.22. The largest absolute Gasteiger partial charge is 0.376 e. The number of ether oxygens (including phenoxy) is 1. The van der Waals surface area contributed by atoms with Crippen molar-refractivity contribution in [1.82, 2.24) is 9.97 Å². The minimum absolute atomic E-state index is 0.262. The molecule has 0 saturated carbocycles. The van der Waals surface area contributed by atoms with Crippen LogP contribution in [0.2, 0.25) is 0 Å². The Hall–Kier alpha value is -1.36. The van der Waals surface area contributed by atoms with Gasteiger partial charge in [-0.15, -0.1) is 0 Å². The second-order valence-electron chi connectivity index (χ2n) is 4.33. The molecule has 2 unspecified atom stereocenters. The van der Waals surface area contributed by atoms with Gasteiger partial charge < -0.3 is 15.0 Å². The smallest absolute Gasteiger partial charge is 0.134 e. The molecule has 1 aromatic rings. The van der Waals surface area contributed by atoms with Gasteiger partial charge in [0.15, 0.2) is 0 Å². The maximum atomic E-state index is 5.59. The number of hydrogen-bond donors (Lipinski definition) is 1. The number of hydrogen-bond acceptors (Lipinski definition) is 5. The molecule has 0 amide bonds. The van der Waals surface area contributed by atoms with Crippen LogP contribution in [-0.2, 0) is 4.74 Å². The van der Waals surface area contributed by atoms with E-state index in [0.29, 0.717) is 6.04 Å². The van der Waals surface area contributed by atoms with E-state index in [9.17, 15) is 0 Å². The standard InChI is InChI=1S/C12H20N4O/c1-4-13-11-7-12(15-8-14-11)16(3)10-5-6-17-9(10)2/h7-10H,4-6H2,1-3H3,(H,13,14,15). The molecule has 5 heteroatoms. The van der Waals surface area contributed by atoms with Gasteiger partial charge in [-0.2, -0.15) is 0 Å². The molecular formula is C12H20N4O. The highest BCUT2D eigenvalue weighted by molar-refractivity contribution is 5.48. The predicted molar refractivity (Wildman–Crippen MR) is 68.4 cm³/mol. The summed E-state index contributed by atoms with van der Waals surface area (Å²) < 4.78 is 5.59. The van der Waals surface area contributed by atoms with Crippen LogP contribution in [0.15, 0.2) is 12.4 Å². The number of anilines is 2. The molecule has 2 heterocycles. The number of aromatic nitrogens is 2. The number of rotatable bonds is 4. The molecule has 2 rings (SSSR count). The maximum absolute atomic E-state index is 5.59. The lowest BCUT2D eigenvalue weighted by Gasteiger charge is -2.27. The van der Waals surface area contributed by atoms with Gasteiger partial charge in [-0.25, -0.2) is 9.97 Å². The molecule has 94 valence electrons. The van der Waals surface area contributed by atoms with Crippen LogP contribution in [0.3, 0.4) is 0 Å². The zero-order valence-corrected chi connectivity index (χ0v) is 10.7. The molecule has 5 nitrogen and oxygen atoms in total. The number of nitrogens with zero attached hydrogens (tertiary/aromatic N) is 3. The number of likely N-dealkylation sites (N-methyl/N-ethyl adjacent to an activating group) is 1. The summed E-state index contributed by atoms with van der Waals surface area (Å²) in [6.45, 7) is 5.86. The van der Waals surface area contributed by atoms with Crippen LogP contribution < -0.4 is 10.2 Å². The van der Waals surface area contributed by atoms with E-state index >= 15 is 0 Å². The van der Waals surface area contributed by atoms with Gasteiger partial charge in [-0.05, 0) is 20.3 Å². The Morgan fingerprint density at radius 3 is 3.00 bits per heavy atom. The molecule has 17 heavy (non-hydrogen) atoms. The summed E-state index contributed by atoms with van der Waals surface area (Å²) in [7, 11) is 2.06. The molecule has 1 saturated heterocycles. The average molecular weight is 236 g/mol. The quantitative estimate of drug-likeness (QED) is 0.859. The van der Waals surface area contributed by atoms with Gasteiger partial charge in [0.2, 0.25) is 0 Å². The van der Waals surface area contributed by atoms with Gasteiger partial charge in [-0.3, -0.25) is 0 Å². The van der Waals surface area contributed by atoms with Crippen LogP contribution >= 0.6 is 0 Å². The van der Waals surface area contributed by atoms with Crippen LogP contribution in [-0.4, -0.2) is 42.3 Å². The van der Waals surface area contributed by atoms with Gasteiger partial charge in [0.1, 0.15) is 18.0 Å². The predicted octanol–water partition coefficient (Wildman–Crippen LogP) is 1.52. The molecule has 0 spiro atoms. The third-order valence-electron chi connectivity index (χ3n) is 3.21. The fraction of sp³-hybridized carbons (Fsp3) is 0.667. The monoisotopic (exact) mass is 236 g/mol. The lowest BCUT2D eigenvalue weighted by Crippen LogP contribution is -2.37. The second-order valence-corrected chi connectivity index (χ2v) is 4.33. The lowest BCUT2D eigenvalue weighted by atomic mass is 10.1. The van der Waals surface area contributed by atoms with Crippen molar-refractivity contribution in [1.29, 1.82) is 0 Å². The third-order valence-corrected chi connectivity index (χ3v) is 3.21. The Balaban J connectivity index is 2.12. The first-order chi connectivity index (χ1) is 8.22. The topological polar surface area (TPSA) is 50.3 Å². The van der Waals surface area contributed by atoms with Gasteiger partial charge in [-0.1, -0.05) is 0 Å². The van der Waals surface area contributed by atoms with Crippen LogP contribution in [0.25, 0.3) is 0 Å². The molecule has 1 aromatic heterocycles. The highest BCUT2D eigenvalue weighted by Gasteiger charge is 2.28. The molecule has 1 N–H and O–H groups in total. The Kier molecular flexibility index (Phi) is 3.78. The molecule has 1 fully saturated rings. The van der Waals surface area contributed by atoms with Crippen molar-refractivity contribution < 1.29 is 4.74 Å². The van der Waals surface area contributed by atoms with Crippen molar-refractivity contribution in [2.45, 2.75) is 32.4 Å². The third kappa shape index (κ3) is 2.66. The Morgan fingerprint density at radius 2 is 2.35 bits per heavy atom. The summed E-state index contributed by atoms with van der Waals surface area (Å²) >= 11 is 0. The summed E-state index contributed by atoms with van der Waals surface area (Å²) in [6, 6.07) is 2.38. The minimum atomic E-state index is 0.262. The van der Waals surface area contributed by atoms with Gasteiger partial charge in [0, 0.05) is 26.3 Å². The zero-order chi connectivity index (χ0) is 12.3. The van der Waals surface area contributed by atoms with Crippen molar-refractivity contribution >= 4 is 11.6 Å². The molecule has 0 aromatic carbocycles. The van der Waals surface area contributed by atoms with Gasteiger partial charge in [0.25, 0.3) is 0 Å². The Bertz CT molecular complexity index is 371. The van der Waals surface area contributed by atoms with E-state index in [2.05, 4.69) is 41.1 Å². The van der Waals surface area contributed by atoms with Crippen LogP contribution in [0, 0.1) is 0 Å². The molecule has 0 bridgehead atoms. The lowest BCUT2D eigenvalue weighted by molar-refractivity contribution is 0.118. The molecule has 1 aliphatic rings. The molecule has 1 aliphatic heterocycles. The first-order valence-electron chi connectivity index (χ1n) is 6.12. The highest BCUT2D eigenvalue weighted by Crippen LogP contribution is 2.23. The SMILES string of the molecule is CCNc1cc(N(C)C2CCOC2C)ncn1. The first kappa shape index (κ1) is 12.1. The van der Waals surface area contributed by atoms with Crippen molar-refractivity contribution in [2.75, 3.05) is 30.4 Å². The molecular weight excluding hydrogens is 216 g/mol. The summed E-state index contributed by atoms with van der Waals surface area (Å²) in [4.78, 5) is 10.7. The zero-order valence-electron chi connectivity index (χ0n) is 10.7. The van der Waals surface area contributed by atoms with Crippen molar-refractivity contribution in [3.8, 4) is 0 Å². The van der Waals surface area contributed by atoms with E-state index in [0.717, 1.165) is 31.2 Å². The van der Waals surface area contributed by atoms with E-state index in [1.807, 2.05) is 6.07 Å². The van der Waals surface area contributed by atoms with E-state index in [-0.39, 0.29) is 6.10 Å². The average Bonchev–Trinajstić information content (AvgIpc) is 2.75. The minimum Gasteiger partial charge on any atom is -0.376 e. The van der Waals surface area contributed by atoms with Crippen molar-refractivity contribution in [3.05, 3.63) is 12.4 Å². The van der Waals surface area contributed by atoms with E-state index < -0.39 is 0 Å². The van der Waals surface area contributed by atoms with Gasteiger partial charge in [0.05, 0.1) is 12.1 Å². The van der Waals surface area contributed by atoms with Crippen LogP contribution in [0.1, 0.15) is 20.3 Å². The van der Waals surface area contributed by atoms with Gasteiger partial charge >= 0.3 is 0 Å². The summed E-state index contributed by atoms with van der Waals surface area (Å²) in [6.07, 6.45) is 2.92. The summed E-state index contributed by atoms with van der Waals surface area (Å²) in [5, 5.41) is 3.20. The van der Waals surface area contributed by atoms with Crippen LogP contribution in [0.4, 0.5) is 11.6 Å². The van der Waals surface area contributed by atoms with E-state index in [1.54, 1.807) is 6.33 Å². The van der Waals surface area contributed by atoms with Crippen molar-refractivity contribution in [3.63, 3.8) is 0 Å². The fourth-order valence-corrected chi connectivity index (χ4v) is 2.22. The van der Waals surface area contributed by atoms with E-state index in [1.165, 1.54) is 0 Å². The van der Waals surface area contributed by atoms with E-state index in [4.69, 9.17) is 4.74 Å². The van der Waals surface area contributed by atoms with Crippen LogP contribution in [0.5, 0.6) is 0 Å². The second kappa shape index (κ2) is 5.31. The Morgan fingerprint density at radius 1 is 1.53 bits per heavy atom. The number of nitrogens with one attached hydrogen (secondary N) is 1. The molecule has 2 atom stereocenters. The Labute approximate surface area is 102 Å². The highest BCUT2D eigenvalue weighted by atomic mass is 16.5. The molecule has 0 aliphatic carbocycles. The summed E-state index contributed by atoms with van der Waals surface area (Å²) in [5.74, 6) is 1.81. The normalized spacial score (nSPS) is 23.7. The van der Waals surface area contributed by atoms with Crippen molar-refractivity contribution in [2.24, 2.45) is 0 Å². The molecule has 0 radical (unpaired) electrons. The maximum Gasteiger partial charge on any atom is 0.134 e. The summed E-state index contributed by atoms with van der Waals surface area (Å²) in [5.41, 5.74) is 0.